The Labute approximate surface area is 173 Å². The molecule has 0 spiro atoms. The number of nitrogens with zero attached hydrogens (tertiary/aromatic N) is 3. The fourth-order valence-electron chi connectivity index (χ4n) is 3.62. The number of rotatable bonds is 6. The Bertz CT molecular complexity index is 764. The molecule has 3 rings (SSSR count). The molecule has 0 amide bonds. The molecule has 1 aliphatic rings. The van der Waals surface area contributed by atoms with Gasteiger partial charge in [0.15, 0.2) is 11.6 Å². The average Bonchev–Trinajstić information content (AvgIpc) is 3.13. The largest absolute Gasteiger partial charge is 0.371 e. The summed E-state index contributed by atoms with van der Waals surface area (Å²) in [7, 11) is 12.2. The van der Waals surface area contributed by atoms with Crippen molar-refractivity contribution in [2.75, 3.05) is 58.3 Å². The first-order chi connectivity index (χ1) is 11.9. The zero-order valence-electron chi connectivity index (χ0n) is 16.5. The molecule has 1 aliphatic carbocycles. The lowest BCUT2D eigenvalue weighted by molar-refractivity contribution is -0.919. The number of benzene rings is 1. The van der Waals surface area contributed by atoms with Crippen LogP contribution in [0.1, 0.15) is 23.6 Å². The van der Waals surface area contributed by atoms with Crippen molar-refractivity contribution in [3.05, 3.63) is 29.3 Å². The topological polar surface area (TPSA) is 65.9 Å². The summed E-state index contributed by atoms with van der Waals surface area (Å²) in [5.74, 6) is 1.80. The summed E-state index contributed by atoms with van der Waals surface area (Å²) in [6.07, 6.45) is 2.27. The summed E-state index contributed by atoms with van der Waals surface area (Å²) >= 11 is 0. The minimum Gasteiger partial charge on any atom is -0.371 e. The van der Waals surface area contributed by atoms with Crippen LogP contribution in [0.3, 0.4) is 0 Å². The van der Waals surface area contributed by atoms with E-state index in [4.69, 9.17) is 0 Å². The normalized spacial score (nSPS) is 16.0. The van der Waals surface area contributed by atoms with Gasteiger partial charge in [0.2, 0.25) is 0 Å². The molecule has 144 valence electrons. The van der Waals surface area contributed by atoms with E-state index in [9.17, 15) is 0 Å². The standard InChI is InChI=1S/C18H30N7.HI/c1-19-17-16(18(20-2)24(21-3)22-17)13-8-7-12-9-10-15(14(12)11-13)23-25(4,5)6;/h7-8,11,15,20-21,23H,9-10H2,1-6H3,(H,19,22);1H/q+1;. The number of nitrogens with one attached hydrogen (secondary N) is 4. The number of aromatic nitrogens is 2. The van der Waals surface area contributed by atoms with E-state index >= 15 is 0 Å². The van der Waals surface area contributed by atoms with Crippen molar-refractivity contribution in [3.8, 4) is 11.1 Å². The zero-order chi connectivity index (χ0) is 18.2. The number of hydrogen-bond acceptors (Lipinski definition) is 5. The second kappa shape index (κ2) is 8.01. The predicted octanol–water partition coefficient (Wildman–Crippen LogP) is 2.62. The van der Waals surface area contributed by atoms with Crippen LogP contribution in [0.15, 0.2) is 18.2 Å². The Balaban J connectivity index is 0.00000243. The first kappa shape index (κ1) is 20.8. The second-order valence-electron chi connectivity index (χ2n) is 7.35. The van der Waals surface area contributed by atoms with Crippen LogP contribution >= 0.6 is 24.0 Å². The van der Waals surface area contributed by atoms with Crippen molar-refractivity contribution in [2.45, 2.75) is 18.9 Å². The maximum atomic E-state index is 4.58. The average molecular weight is 472 g/mol. The van der Waals surface area contributed by atoms with Crippen LogP contribution in [0, 0.1) is 0 Å². The molecule has 1 aromatic carbocycles. The predicted molar refractivity (Wildman–Crippen MR) is 120 cm³/mol. The van der Waals surface area contributed by atoms with Gasteiger partial charge in [0, 0.05) is 21.1 Å². The number of fused-ring (bicyclic) bond motifs is 1. The van der Waals surface area contributed by atoms with Gasteiger partial charge in [-0.3, -0.25) is 4.59 Å². The molecule has 1 atom stereocenters. The number of quaternary nitrogens is 1. The molecule has 8 heteroatoms. The van der Waals surface area contributed by atoms with Gasteiger partial charge in [0.05, 0.1) is 32.7 Å². The summed E-state index contributed by atoms with van der Waals surface area (Å²) in [6, 6.07) is 7.16. The summed E-state index contributed by atoms with van der Waals surface area (Å²) in [6.45, 7) is 0. The molecule has 0 aliphatic heterocycles. The van der Waals surface area contributed by atoms with E-state index in [0.717, 1.165) is 34.6 Å². The first-order valence-electron chi connectivity index (χ1n) is 8.76. The summed E-state index contributed by atoms with van der Waals surface area (Å²) in [4.78, 5) is 1.76. The number of aryl methyl sites for hydroxylation is 1. The van der Waals surface area contributed by atoms with Crippen LogP contribution in [-0.4, -0.2) is 56.8 Å². The molecule has 1 unspecified atom stereocenters. The lowest BCUT2D eigenvalue weighted by Gasteiger charge is -2.28. The van der Waals surface area contributed by atoms with Gasteiger partial charge < -0.3 is 16.1 Å². The SMILES string of the molecule is CNc1nn(NC)c(NC)c1-c1ccc2c(c1)C(N[N+](C)(C)C)CC2.I. The smallest absolute Gasteiger partial charge is 0.160 e. The van der Waals surface area contributed by atoms with E-state index in [2.05, 4.69) is 65.9 Å². The Kier molecular flexibility index (Phi) is 6.41. The quantitative estimate of drug-likeness (QED) is 0.296. The number of halogens is 1. The fourth-order valence-corrected chi connectivity index (χ4v) is 3.62. The molecular formula is C18H31IN7+. The molecule has 4 N–H and O–H groups in total. The maximum Gasteiger partial charge on any atom is 0.160 e. The lowest BCUT2D eigenvalue weighted by Crippen LogP contribution is -2.49. The molecule has 7 nitrogen and oxygen atoms in total. The van der Waals surface area contributed by atoms with Gasteiger partial charge in [0.1, 0.15) is 0 Å². The van der Waals surface area contributed by atoms with Gasteiger partial charge in [-0.05, 0) is 35.6 Å². The monoisotopic (exact) mass is 472 g/mol. The Hall–Kier alpha value is -1.52. The molecule has 26 heavy (non-hydrogen) atoms. The number of anilines is 2. The van der Waals surface area contributed by atoms with Crippen molar-refractivity contribution in [1.82, 2.24) is 15.3 Å². The first-order valence-corrected chi connectivity index (χ1v) is 8.76. The molecule has 0 saturated carbocycles. The molecule has 0 bridgehead atoms. The van der Waals surface area contributed by atoms with E-state index in [1.165, 1.54) is 16.7 Å². The minimum atomic E-state index is 0. The van der Waals surface area contributed by atoms with E-state index in [1.807, 2.05) is 21.1 Å². The van der Waals surface area contributed by atoms with Crippen LogP contribution < -0.4 is 21.5 Å². The highest BCUT2D eigenvalue weighted by molar-refractivity contribution is 14.0. The van der Waals surface area contributed by atoms with Gasteiger partial charge in [-0.25, -0.2) is 0 Å². The van der Waals surface area contributed by atoms with Crippen LogP contribution in [0.2, 0.25) is 0 Å². The third kappa shape index (κ3) is 3.91. The Morgan fingerprint density at radius 1 is 1.12 bits per heavy atom. The zero-order valence-corrected chi connectivity index (χ0v) is 18.8. The minimum absolute atomic E-state index is 0. The third-order valence-electron chi connectivity index (χ3n) is 4.63. The van der Waals surface area contributed by atoms with Crippen molar-refractivity contribution in [1.29, 1.82) is 0 Å². The molecule has 0 saturated heterocycles. The van der Waals surface area contributed by atoms with Gasteiger partial charge in [-0.2, -0.15) is 10.2 Å². The Morgan fingerprint density at radius 3 is 2.42 bits per heavy atom. The molecular weight excluding hydrogens is 441 g/mol. The van der Waals surface area contributed by atoms with Crippen molar-refractivity contribution >= 4 is 35.6 Å². The Morgan fingerprint density at radius 2 is 1.85 bits per heavy atom. The lowest BCUT2D eigenvalue weighted by atomic mass is 10.00. The second-order valence-corrected chi connectivity index (χ2v) is 7.35. The van der Waals surface area contributed by atoms with Gasteiger partial charge >= 0.3 is 0 Å². The third-order valence-corrected chi connectivity index (χ3v) is 4.63. The highest BCUT2D eigenvalue weighted by Gasteiger charge is 2.28. The molecule has 2 aromatic rings. The van der Waals surface area contributed by atoms with Crippen LogP contribution in [0.4, 0.5) is 11.6 Å². The van der Waals surface area contributed by atoms with E-state index in [-0.39, 0.29) is 24.0 Å². The molecule has 1 heterocycles. The van der Waals surface area contributed by atoms with Gasteiger partial charge in [-0.15, -0.1) is 29.1 Å². The summed E-state index contributed by atoms with van der Waals surface area (Å²) in [5, 5.41) is 11.1. The molecule has 0 fully saturated rings. The van der Waals surface area contributed by atoms with Crippen molar-refractivity contribution in [3.63, 3.8) is 0 Å². The van der Waals surface area contributed by atoms with Crippen LogP contribution in [0.25, 0.3) is 11.1 Å². The highest BCUT2D eigenvalue weighted by Crippen LogP contribution is 2.39. The summed E-state index contributed by atoms with van der Waals surface area (Å²) < 4.78 is 0.746. The van der Waals surface area contributed by atoms with Crippen LogP contribution in [0.5, 0.6) is 0 Å². The van der Waals surface area contributed by atoms with Crippen molar-refractivity contribution < 1.29 is 4.59 Å². The van der Waals surface area contributed by atoms with E-state index in [0.29, 0.717) is 6.04 Å². The molecule has 1 aromatic heterocycles. The number of hydrogen-bond donors (Lipinski definition) is 4. The van der Waals surface area contributed by atoms with Gasteiger partial charge in [-0.1, -0.05) is 12.1 Å². The van der Waals surface area contributed by atoms with Crippen LogP contribution in [-0.2, 0) is 6.42 Å². The highest BCUT2D eigenvalue weighted by atomic mass is 127. The van der Waals surface area contributed by atoms with E-state index < -0.39 is 0 Å². The summed E-state index contributed by atoms with van der Waals surface area (Å²) in [5.41, 5.74) is 11.9. The maximum absolute atomic E-state index is 4.58. The fraction of sp³-hybridized carbons (Fsp3) is 0.500. The molecule has 0 radical (unpaired) electrons. The van der Waals surface area contributed by atoms with E-state index in [1.54, 1.807) is 4.79 Å². The van der Waals surface area contributed by atoms with Crippen molar-refractivity contribution in [2.24, 2.45) is 0 Å². The van der Waals surface area contributed by atoms with Gasteiger partial charge in [0.25, 0.3) is 0 Å².